The highest BCUT2D eigenvalue weighted by Gasteiger charge is 2.17. The van der Waals surface area contributed by atoms with Crippen molar-refractivity contribution < 1.29 is 37.7 Å². The van der Waals surface area contributed by atoms with Crippen LogP contribution in [0.2, 0.25) is 0 Å². The molecule has 0 saturated carbocycles. The van der Waals surface area contributed by atoms with Crippen molar-refractivity contribution in [1.29, 1.82) is 0 Å². The van der Waals surface area contributed by atoms with E-state index in [1.54, 1.807) is 0 Å². The number of ether oxygens (including phenoxy) is 2. The Bertz CT molecular complexity index is 917. The molecule has 0 radical (unpaired) electrons. The number of halogens is 2. The molecule has 0 N–H and O–H groups in total. The molecule has 0 aliphatic carbocycles. The zero-order valence-electron chi connectivity index (χ0n) is 15.2. The molecule has 0 bridgehead atoms. The molecule has 0 aliphatic heterocycles. The molecule has 0 fully saturated rings. The van der Waals surface area contributed by atoms with Crippen LogP contribution in [0.3, 0.4) is 0 Å². The SMILES string of the molecule is O=C(CCC(=O)OCc1ccc(F)c([N+](=O)[O-])c1)OCc1ccc(F)c([N+](=O)[O-])c1. The summed E-state index contributed by atoms with van der Waals surface area (Å²) in [5.74, 6) is -3.64. The number of rotatable bonds is 9. The van der Waals surface area contributed by atoms with Gasteiger partial charge in [0.15, 0.2) is 0 Å². The van der Waals surface area contributed by atoms with Gasteiger partial charge in [0.1, 0.15) is 13.2 Å². The van der Waals surface area contributed by atoms with Crippen LogP contribution in [0.4, 0.5) is 20.2 Å². The number of hydrogen-bond donors (Lipinski definition) is 0. The van der Waals surface area contributed by atoms with E-state index in [1.807, 2.05) is 0 Å². The molecule has 0 unspecified atom stereocenters. The van der Waals surface area contributed by atoms with Gasteiger partial charge >= 0.3 is 23.3 Å². The molecule has 0 spiro atoms. The second-order valence-corrected chi connectivity index (χ2v) is 5.91. The van der Waals surface area contributed by atoms with Crippen LogP contribution < -0.4 is 0 Å². The van der Waals surface area contributed by atoms with Gasteiger partial charge in [-0.2, -0.15) is 8.78 Å². The maximum Gasteiger partial charge on any atom is 0.306 e. The van der Waals surface area contributed by atoms with Crippen molar-refractivity contribution in [3.8, 4) is 0 Å². The van der Waals surface area contributed by atoms with E-state index < -0.39 is 44.8 Å². The summed E-state index contributed by atoms with van der Waals surface area (Å²) in [6, 6.07) is 6.03. The Morgan fingerprint density at radius 2 is 1.13 bits per heavy atom. The summed E-state index contributed by atoms with van der Waals surface area (Å²) in [7, 11) is 0. The molecule has 2 rings (SSSR count). The van der Waals surface area contributed by atoms with E-state index in [0.717, 1.165) is 24.3 Å². The van der Waals surface area contributed by atoms with E-state index in [-0.39, 0.29) is 37.2 Å². The van der Waals surface area contributed by atoms with Crippen molar-refractivity contribution in [2.45, 2.75) is 26.1 Å². The summed E-state index contributed by atoms with van der Waals surface area (Å²) in [6.07, 6.45) is -0.711. The molecule has 2 aromatic carbocycles. The van der Waals surface area contributed by atoms with E-state index in [4.69, 9.17) is 9.47 Å². The molecular weight excluding hydrogens is 410 g/mol. The minimum Gasteiger partial charge on any atom is -0.461 e. The number of esters is 2. The molecule has 0 atom stereocenters. The lowest BCUT2D eigenvalue weighted by Crippen LogP contribution is -2.10. The van der Waals surface area contributed by atoms with Crippen LogP contribution in [0, 0.1) is 31.9 Å². The molecule has 0 saturated heterocycles. The first kappa shape index (κ1) is 22.3. The minimum atomic E-state index is -1.02. The van der Waals surface area contributed by atoms with Crippen molar-refractivity contribution in [3.63, 3.8) is 0 Å². The first-order valence-electron chi connectivity index (χ1n) is 8.34. The number of nitrogens with zero attached hydrogens (tertiary/aromatic N) is 2. The summed E-state index contributed by atoms with van der Waals surface area (Å²) < 4.78 is 36.2. The summed E-state index contributed by atoms with van der Waals surface area (Å²) in [4.78, 5) is 42.9. The second-order valence-electron chi connectivity index (χ2n) is 5.91. The highest BCUT2D eigenvalue weighted by Crippen LogP contribution is 2.20. The van der Waals surface area contributed by atoms with Gasteiger partial charge in [-0.05, 0) is 23.3 Å². The van der Waals surface area contributed by atoms with Crippen LogP contribution in [-0.4, -0.2) is 21.8 Å². The Morgan fingerprint density at radius 3 is 1.47 bits per heavy atom. The largest absolute Gasteiger partial charge is 0.461 e. The lowest BCUT2D eigenvalue weighted by atomic mass is 10.2. The predicted octanol–water partition coefficient (Wildman–Crippen LogP) is 3.35. The van der Waals surface area contributed by atoms with Gasteiger partial charge < -0.3 is 9.47 Å². The fourth-order valence-electron chi connectivity index (χ4n) is 2.25. The lowest BCUT2D eigenvalue weighted by molar-refractivity contribution is -0.387. The van der Waals surface area contributed by atoms with Crippen LogP contribution in [0.5, 0.6) is 0 Å². The predicted molar refractivity (Wildman–Crippen MR) is 94.9 cm³/mol. The molecular formula is C18H14F2N2O8. The van der Waals surface area contributed by atoms with Gasteiger partial charge in [-0.3, -0.25) is 29.8 Å². The van der Waals surface area contributed by atoms with Gasteiger partial charge in [0.05, 0.1) is 22.7 Å². The number of benzene rings is 2. The Kier molecular flexibility index (Phi) is 7.44. The number of carbonyl (C=O) groups excluding carboxylic acids is 2. The van der Waals surface area contributed by atoms with Crippen LogP contribution in [0.1, 0.15) is 24.0 Å². The van der Waals surface area contributed by atoms with Gasteiger partial charge in [-0.25, -0.2) is 0 Å². The molecule has 30 heavy (non-hydrogen) atoms. The topological polar surface area (TPSA) is 139 Å². The summed E-state index contributed by atoms with van der Waals surface area (Å²) in [6.45, 7) is -0.706. The van der Waals surface area contributed by atoms with Crippen LogP contribution in [0.15, 0.2) is 36.4 Å². The van der Waals surface area contributed by atoms with Crippen molar-refractivity contribution in [1.82, 2.24) is 0 Å². The van der Waals surface area contributed by atoms with Gasteiger partial charge in [-0.15, -0.1) is 0 Å². The highest BCUT2D eigenvalue weighted by molar-refractivity contribution is 5.77. The fourth-order valence-corrected chi connectivity index (χ4v) is 2.25. The molecule has 0 aromatic heterocycles. The Balaban J connectivity index is 1.78. The third-order valence-electron chi connectivity index (χ3n) is 3.75. The second kappa shape index (κ2) is 10.0. The maximum absolute atomic E-state index is 13.3. The Morgan fingerprint density at radius 1 is 0.767 bits per heavy atom. The zero-order chi connectivity index (χ0) is 22.3. The molecule has 12 heteroatoms. The van der Waals surface area contributed by atoms with Crippen LogP contribution in [-0.2, 0) is 32.3 Å². The standard InChI is InChI=1S/C18H14F2N2O8/c19-13-3-1-11(7-15(13)21(25)26)9-29-17(23)5-6-18(24)30-10-12-2-4-14(20)16(8-12)22(27)28/h1-4,7-8H,5-6,9-10H2. The van der Waals surface area contributed by atoms with E-state index >= 15 is 0 Å². The smallest absolute Gasteiger partial charge is 0.306 e. The molecule has 10 nitrogen and oxygen atoms in total. The summed E-state index contributed by atoms with van der Waals surface area (Å²) >= 11 is 0. The highest BCUT2D eigenvalue weighted by atomic mass is 19.1. The molecule has 0 heterocycles. The van der Waals surface area contributed by atoms with Gasteiger partial charge in [0.25, 0.3) is 0 Å². The summed E-state index contributed by atoms with van der Waals surface area (Å²) in [5.41, 5.74) is -1.13. The maximum atomic E-state index is 13.3. The number of carbonyl (C=O) groups is 2. The van der Waals surface area contributed by atoms with E-state index in [9.17, 15) is 38.6 Å². The van der Waals surface area contributed by atoms with Crippen molar-refractivity contribution in [2.75, 3.05) is 0 Å². The molecule has 2 aromatic rings. The van der Waals surface area contributed by atoms with Crippen molar-refractivity contribution >= 4 is 23.3 Å². The van der Waals surface area contributed by atoms with Gasteiger partial charge in [0, 0.05) is 12.1 Å². The van der Waals surface area contributed by atoms with E-state index in [0.29, 0.717) is 0 Å². The van der Waals surface area contributed by atoms with Crippen molar-refractivity contribution in [2.24, 2.45) is 0 Å². The first-order chi connectivity index (χ1) is 14.2. The Labute approximate surface area is 167 Å². The first-order valence-corrected chi connectivity index (χ1v) is 8.34. The normalized spacial score (nSPS) is 10.3. The van der Waals surface area contributed by atoms with Crippen LogP contribution in [0.25, 0.3) is 0 Å². The summed E-state index contributed by atoms with van der Waals surface area (Å²) in [5, 5.41) is 21.4. The molecule has 0 amide bonds. The van der Waals surface area contributed by atoms with Gasteiger partial charge in [0.2, 0.25) is 11.6 Å². The molecule has 0 aliphatic rings. The van der Waals surface area contributed by atoms with E-state index in [1.165, 1.54) is 12.1 Å². The van der Waals surface area contributed by atoms with Gasteiger partial charge in [-0.1, -0.05) is 12.1 Å². The average molecular weight is 424 g/mol. The average Bonchev–Trinajstić information content (AvgIpc) is 2.70. The third kappa shape index (κ3) is 6.29. The monoisotopic (exact) mass is 424 g/mol. The fraction of sp³-hybridized carbons (Fsp3) is 0.222. The number of hydrogen-bond acceptors (Lipinski definition) is 8. The lowest BCUT2D eigenvalue weighted by Gasteiger charge is -2.07. The van der Waals surface area contributed by atoms with Crippen LogP contribution >= 0.6 is 0 Å². The zero-order valence-corrected chi connectivity index (χ0v) is 15.2. The Hall–Kier alpha value is -3.96. The van der Waals surface area contributed by atoms with Crippen molar-refractivity contribution in [3.05, 3.63) is 79.4 Å². The third-order valence-corrected chi connectivity index (χ3v) is 3.75. The van der Waals surface area contributed by atoms with E-state index in [2.05, 4.69) is 0 Å². The quantitative estimate of drug-likeness (QED) is 0.339. The number of nitro benzene ring substituents is 2. The minimum absolute atomic E-state index is 0.192. The molecule has 158 valence electrons. The number of nitro groups is 2.